The maximum atomic E-state index is 11.2. The fourth-order valence-corrected chi connectivity index (χ4v) is 1.33. The first kappa shape index (κ1) is 12.4. The largest absolute Gasteiger partial charge is 0.468 e. The van der Waals surface area contributed by atoms with Crippen molar-refractivity contribution in [2.45, 2.75) is 20.3 Å². The highest BCUT2D eigenvalue weighted by Crippen LogP contribution is 2.10. The van der Waals surface area contributed by atoms with Crippen LogP contribution in [0.2, 0.25) is 0 Å². The second-order valence-corrected chi connectivity index (χ2v) is 3.31. The predicted octanol–water partition coefficient (Wildman–Crippen LogP) is 1.04. The van der Waals surface area contributed by atoms with Gasteiger partial charge in [0.1, 0.15) is 18.7 Å². The third-order valence-corrected chi connectivity index (χ3v) is 2.32. The minimum atomic E-state index is -0.265. The SMILES string of the molecule is CCc1cc(N(CC)CC(=O)OC)ncn1. The highest BCUT2D eigenvalue weighted by molar-refractivity contribution is 5.75. The van der Waals surface area contributed by atoms with Gasteiger partial charge in [0, 0.05) is 18.3 Å². The van der Waals surface area contributed by atoms with E-state index < -0.39 is 0 Å². The van der Waals surface area contributed by atoms with Gasteiger partial charge < -0.3 is 9.64 Å². The number of aryl methyl sites for hydroxylation is 1. The number of methoxy groups -OCH3 is 1. The number of ether oxygens (including phenoxy) is 1. The molecule has 5 heteroatoms. The number of likely N-dealkylation sites (N-methyl/N-ethyl adjacent to an activating group) is 1. The smallest absolute Gasteiger partial charge is 0.325 e. The van der Waals surface area contributed by atoms with Gasteiger partial charge in [-0.1, -0.05) is 6.92 Å². The van der Waals surface area contributed by atoms with Crippen LogP contribution in [0.25, 0.3) is 0 Å². The van der Waals surface area contributed by atoms with Gasteiger partial charge in [-0.2, -0.15) is 0 Å². The van der Waals surface area contributed by atoms with E-state index in [2.05, 4.69) is 14.7 Å². The Hall–Kier alpha value is -1.65. The normalized spacial score (nSPS) is 9.94. The summed E-state index contributed by atoms with van der Waals surface area (Å²) in [5, 5.41) is 0. The minimum Gasteiger partial charge on any atom is -0.468 e. The molecule has 0 aromatic carbocycles. The van der Waals surface area contributed by atoms with E-state index in [0.29, 0.717) is 6.54 Å². The van der Waals surface area contributed by atoms with Crippen molar-refractivity contribution in [1.29, 1.82) is 0 Å². The van der Waals surface area contributed by atoms with Crippen molar-refractivity contribution in [3.8, 4) is 0 Å². The van der Waals surface area contributed by atoms with Crippen LogP contribution in [0, 0.1) is 0 Å². The van der Waals surface area contributed by atoms with Gasteiger partial charge in [0.25, 0.3) is 0 Å². The summed E-state index contributed by atoms with van der Waals surface area (Å²) in [6.45, 7) is 4.92. The number of nitrogens with zero attached hydrogens (tertiary/aromatic N) is 3. The van der Waals surface area contributed by atoms with Gasteiger partial charge in [0.05, 0.1) is 7.11 Å². The Balaban J connectivity index is 2.81. The van der Waals surface area contributed by atoms with E-state index >= 15 is 0 Å². The molecule has 0 aliphatic carbocycles. The lowest BCUT2D eigenvalue weighted by Crippen LogP contribution is -2.31. The lowest BCUT2D eigenvalue weighted by atomic mass is 10.3. The maximum absolute atomic E-state index is 11.2. The second-order valence-electron chi connectivity index (χ2n) is 3.31. The molecular weight excluding hydrogens is 206 g/mol. The topological polar surface area (TPSA) is 55.3 Å². The monoisotopic (exact) mass is 223 g/mol. The molecular formula is C11H17N3O2. The Morgan fingerprint density at radius 1 is 1.44 bits per heavy atom. The fraction of sp³-hybridized carbons (Fsp3) is 0.545. The third kappa shape index (κ3) is 3.18. The molecule has 0 bridgehead atoms. The van der Waals surface area contributed by atoms with Crippen LogP contribution in [0.4, 0.5) is 5.82 Å². The molecule has 0 radical (unpaired) electrons. The highest BCUT2D eigenvalue weighted by atomic mass is 16.5. The summed E-state index contributed by atoms with van der Waals surface area (Å²) in [6.07, 6.45) is 2.37. The van der Waals surface area contributed by atoms with Crippen LogP contribution >= 0.6 is 0 Å². The number of carbonyl (C=O) groups excluding carboxylic acids is 1. The molecule has 0 atom stereocenters. The van der Waals surface area contributed by atoms with Crippen LogP contribution in [0.15, 0.2) is 12.4 Å². The van der Waals surface area contributed by atoms with Crippen LogP contribution in [-0.2, 0) is 16.0 Å². The second kappa shape index (κ2) is 6.05. The minimum absolute atomic E-state index is 0.215. The van der Waals surface area contributed by atoms with Crippen molar-refractivity contribution >= 4 is 11.8 Å². The van der Waals surface area contributed by atoms with Crippen LogP contribution < -0.4 is 4.90 Å². The van der Waals surface area contributed by atoms with Crippen LogP contribution in [0.1, 0.15) is 19.5 Å². The molecule has 0 spiro atoms. The quantitative estimate of drug-likeness (QED) is 0.698. The van der Waals surface area contributed by atoms with Crippen LogP contribution in [0.5, 0.6) is 0 Å². The zero-order valence-corrected chi connectivity index (χ0v) is 9.93. The Morgan fingerprint density at radius 2 is 2.19 bits per heavy atom. The van der Waals surface area contributed by atoms with Crippen LogP contribution in [-0.4, -0.2) is 36.1 Å². The number of hydrogen-bond acceptors (Lipinski definition) is 5. The lowest BCUT2D eigenvalue weighted by molar-refractivity contribution is -0.138. The van der Waals surface area contributed by atoms with Crippen molar-refractivity contribution in [2.24, 2.45) is 0 Å². The lowest BCUT2D eigenvalue weighted by Gasteiger charge is -2.20. The number of hydrogen-bond donors (Lipinski definition) is 0. The molecule has 0 unspecified atom stereocenters. The molecule has 1 heterocycles. The predicted molar refractivity (Wildman–Crippen MR) is 61.3 cm³/mol. The first-order chi connectivity index (χ1) is 7.71. The molecule has 1 rings (SSSR count). The van der Waals surface area contributed by atoms with E-state index in [1.165, 1.54) is 13.4 Å². The van der Waals surface area contributed by atoms with Gasteiger partial charge in [-0.25, -0.2) is 9.97 Å². The molecule has 88 valence electrons. The van der Waals surface area contributed by atoms with Crippen LogP contribution in [0.3, 0.4) is 0 Å². The van der Waals surface area contributed by atoms with Crippen molar-refractivity contribution in [3.05, 3.63) is 18.1 Å². The molecule has 0 N–H and O–H groups in total. The molecule has 1 aromatic heterocycles. The molecule has 0 saturated heterocycles. The molecule has 0 fully saturated rings. The Bertz CT molecular complexity index is 355. The van der Waals surface area contributed by atoms with E-state index in [0.717, 1.165) is 17.9 Å². The van der Waals surface area contributed by atoms with Crippen molar-refractivity contribution < 1.29 is 9.53 Å². The average Bonchev–Trinajstić information content (AvgIpc) is 2.35. The van der Waals surface area contributed by atoms with Gasteiger partial charge in [0.15, 0.2) is 0 Å². The van der Waals surface area contributed by atoms with E-state index in [1.54, 1.807) is 0 Å². The molecule has 0 aliphatic heterocycles. The number of aromatic nitrogens is 2. The van der Waals surface area contributed by atoms with Gasteiger partial charge in [-0.15, -0.1) is 0 Å². The first-order valence-corrected chi connectivity index (χ1v) is 5.33. The zero-order valence-electron chi connectivity index (χ0n) is 9.93. The van der Waals surface area contributed by atoms with Gasteiger partial charge in [-0.3, -0.25) is 4.79 Å². The Labute approximate surface area is 95.5 Å². The maximum Gasteiger partial charge on any atom is 0.325 e. The number of rotatable bonds is 5. The van der Waals surface area contributed by atoms with Gasteiger partial charge >= 0.3 is 5.97 Å². The summed E-state index contributed by atoms with van der Waals surface area (Å²) in [6, 6.07) is 1.90. The Kier molecular flexibility index (Phi) is 4.69. The van der Waals surface area contributed by atoms with E-state index in [4.69, 9.17) is 0 Å². The molecule has 0 amide bonds. The summed E-state index contributed by atoms with van der Waals surface area (Å²) in [5.41, 5.74) is 0.966. The summed E-state index contributed by atoms with van der Waals surface area (Å²) >= 11 is 0. The van der Waals surface area contributed by atoms with Crippen molar-refractivity contribution in [3.63, 3.8) is 0 Å². The van der Waals surface area contributed by atoms with Crippen molar-refractivity contribution in [2.75, 3.05) is 25.1 Å². The van der Waals surface area contributed by atoms with E-state index in [1.807, 2.05) is 24.8 Å². The van der Waals surface area contributed by atoms with Crippen molar-refractivity contribution in [1.82, 2.24) is 9.97 Å². The molecule has 0 aliphatic rings. The Morgan fingerprint density at radius 3 is 2.75 bits per heavy atom. The van der Waals surface area contributed by atoms with Gasteiger partial charge in [-0.05, 0) is 13.3 Å². The number of esters is 1. The summed E-state index contributed by atoms with van der Waals surface area (Å²) in [5.74, 6) is 0.498. The fourth-order valence-electron chi connectivity index (χ4n) is 1.33. The summed E-state index contributed by atoms with van der Waals surface area (Å²) in [4.78, 5) is 21.3. The molecule has 0 saturated carbocycles. The molecule has 5 nitrogen and oxygen atoms in total. The third-order valence-electron chi connectivity index (χ3n) is 2.32. The van der Waals surface area contributed by atoms with E-state index in [9.17, 15) is 4.79 Å². The number of carbonyl (C=O) groups is 1. The summed E-state index contributed by atoms with van der Waals surface area (Å²) in [7, 11) is 1.38. The highest BCUT2D eigenvalue weighted by Gasteiger charge is 2.11. The number of anilines is 1. The van der Waals surface area contributed by atoms with E-state index in [-0.39, 0.29) is 12.5 Å². The first-order valence-electron chi connectivity index (χ1n) is 5.33. The molecule has 1 aromatic rings. The average molecular weight is 223 g/mol. The zero-order chi connectivity index (χ0) is 12.0. The van der Waals surface area contributed by atoms with Gasteiger partial charge in [0.2, 0.25) is 0 Å². The molecule has 16 heavy (non-hydrogen) atoms. The summed E-state index contributed by atoms with van der Waals surface area (Å²) < 4.78 is 4.64. The standard InChI is InChI=1S/C11H17N3O2/c1-4-9-6-10(13-8-12-9)14(5-2)7-11(15)16-3/h6,8H,4-5,7H2,1-3H3.